The van der Waals surface area contributed by atoms with Gasteiger partial charge in [-0.25, -0.2) is 0 Å². The second kappa shape index (κ2) is 7.37. The zero-order chi connectivity index (χ0) is 16.2. The Bertz CT molecular complexity index is 650. The van der Waals surface area contributed by atoms with Crippen LogP contribution in [0.5, 0.6) is 5.75 Å². The van der Waals surface area contributed by atoms with Gasteiger partial charge in [-0.15, -0.1) is 0 Å². The quantitative estimate of drug-likeness (QED) is 0.881. The summed E-state index contributed by atoms with van der Waals surface area (Å²) in [5.41, 5.74) is 2.46. The summed E-state index contributed by atoms with van der Waals surface area (Å²) in [6.07, 6.45) is 2.70. The molecule has 1 N–H and O–H groups in total. The summed E-state index contributed by atoms with van der Waals surface area (Å²) in [7, 11) is 0. The van der Waals surface area contributed by atoms with Gasteiger partial charge in [-0.3, -0.25) is 0 Å². The predicted molar refractivity (Wildman–Crippen MR) is 97.0 cm³/mol. The fourth-order valence-electron chi connectivity index (χ4n) is 3.96. The van der Waals surface area contributed by atoms with E-state index in [0.717, 1.165) is 18.2 Å². The minimum absolute atomic E-state index is 0.623. The smallest absolute Gasteiger partial charge is 0.124 e. The number of nitrogens with one attached hydrogen (secondary N) is 1. The number of ether oxygens (including phenoxy) is 1. The van der Waals surface area contributed by atoms with Crippen LogP contribution in [-0.2, 0) is 13.2 Å². The van der Waals surface area contributed by atoms with Crippen LogP contribution in [0.25, 0.3) is 0 Å². The lowest BCUT2D eigenvalue weighted by molar-refractivity contribution is 0.0718. The van der Waals surface area contributed by atoms with Gasteiger partial charge in [-0.1, -0.05) is 48.5 Å². The molecule has 24 heavy (non-hydrogen) atoms. The van der Waals surface area contributed by atoms with Crippen LogP contribution in [0.2, 0.25) is 0 Å². The Kier molecular flexibility index (Phi) is 4.81. The third-order valence-corrected chi connectivity index (χ3v) is 5.42. The molecule has 0 unspecified atom stereocenters. The maximum atomic E-state index is 6.07. The van der Waals surface area contributed by atoms with Gasteiger partial charge < -0.3 is 15.0 Å². The Morgan fingerprint density at radius 3 is 2.46 bits per heavy atom. The predicted octanol–water partition coefficient (Wildman–Crippen LogP) is 3.45. The van der Waals surface area contributed by atoms with Gasteiger partial charge >= 0.3 is 0 Å². The lowest BCUT2D eigenvalue weighted by Crippen LogP contribution is -2.55. The van der Waals surface area contributed by atoms with Gasteiger partial charge in [0.25, 0.3) is 0 Å². The Hall–Kier alpha value is -1.84. The number of benzene rings is 2. The highest BCUT2D eigenvalue weighted by atomic mass is 16.5. The van der Waals surface area contributed by atoms with Crippen LogP contribution < -0.4 is 10.1 Å². The fourth-order valence-corrected chi connectivity index (χ4v) is 3.96. The average Bonchev–Trinajstić information content (AvgIpc) is 2.67. The molecule has 0 saturated carbocycles. The third kappa shape index (κ3) is 3.63. The van der Waals surface area contributed by atoms with Crippen LogP contribution in [0.4, 0.5) is 0 Å². The Morgan fingerprint density at radius 2 is 1.71 bits per heavy atom. The number of nitrogens with zero attached hydrogens (tertiary/aromatic N) is 1. The minimum Gasteiger partial charge on any atom is -0.489 e. The molecule has 3 saturated heterocycles. The van der Waals surface area contributed by atoms with E-state index in [2.05, 4.69) is 58.7 Å². The highest BCUT2D eigenvalue weighted by Crippen LogP contribution is 2.28. The summed E-state index contributed by atoms with van der Waals surface area (Å²) < 4.78 is 6.07. The molecule has 2 bridgehead atoms. The zero-order valence-electron chi connectivity index (χ0n) is 14.2. The van der Waals surface area contributed by atoms with Crippen molar-refractivity contribution in [2.24, 2.45) is 5.92 Å². The maximum absolute atomic E-state index is 6.07. The summed E-state index contributed by atoms with van der Waals surface area (Å²) >= 11 is 0. The van der Waals surface area contributed by atoms with Crippen molar-refractivity contribution in [2.75, 3.05) is 19.6 Å². The molecule has 0 aromatic heterocycles. The molecule has 5 rings (SSSR count). The monoisotopic (exact) mass is 322 g/mol. The normalized spacial score (nSPS) is 25.6. The summed E-state index contributed by atoms with van der Waals surface area (Å²) in [6, 6.07) is 19.4. The molecule has 2 aromatic rings. The van der Waals surface area contributed by atoms with Crippen molar-refractivity contribution >= 4 is 0 Å². The standard InChI is InChI=1S/C21H26N2O/c1-2-6-17(7-3-1)16-24-21-9-5-4-8-19(21)14-22-20-15-23-12-10-18(20)11-13-23/h1-9,18,20,22H,10-16H2/t20-/m0/s1. The molecule has 3 heterocycles. The van der Waals surface area contributed by atoms with E-state index >= 15 is 0 Å². The molecule has 3 heteroatoms. The molecule has 2 aromatic carbocycles. The van der Waals surface area contributed by atoms with Crippen LogP contribution >= 0.6 is 0 Å². The van der Waals surface area contributed by atoms with Gasteiger partial charge in [0.15, 0.2) is 0 Å². The topological polar surface area (TPSA) is 24.5 Å². The second-order valence-corrected chi connectivity index (χ2v) is 7.01. The van der Waals surface area contributed by atoms with E-state index in [4.69, 9.17) is 4.74 Å². The first-order valence-electron chi connectivity index (χ1n) is 9.09. The van der Waals surface area contributed by atoms with Crippen LogP contribution in [0.3, 0.4) is 0 Å². The molecular formula is C21H26N2O. The summed E-state index contributed by atoms with van der Waals surface area (Å²) in [5.74, 6) is 1.85. The van der Waals surface area contributed by atoms with Gasteiger partial charge in [0.1, 0.15) is 12.4 Å². The van der Waals surface area contributed by atoms with Crippen molar-refractivity contribution in [1.29, 1.82) is 0 Å². The SMILES string of the molecule is c1ccc(COc2ccccc2CN[C@H]2CN3CCC2CC3)cc1. The molecule has 0 radical (unpaired) electrons. The summed E-state index contributed by atoms with van der Waals surface area (Å²) in [5, 5.41) is 3.79. The van der Waals surface area contributed by atoms with Crippen LogP contribution in [0, 0.1) is 5.92 Å². The van der Waals surface area contributed by atoms with E-state index in [1.165, 1.54) is 43.6 Å². The number of hydrogen-bond acceptors (Lipinski definition) is 3. The number of piperidine rings is 3. The third-order valence-electron chi connectivity index (χ3n) is 5.42. The average molecular weight is 322 g/mol. The van der Waals surface area contributed by atoms with Gasteiger partial charge in [0.05, 0.1) is 0 Å². The van der Waals surface area contributed by atoms with Crippen molar-refractivity contribution in [2.45, 2.75) is 32.0 Å². The molecule has 0 amide bonds. The second-order valence-electron chi connectivity index (χ2n) is 7.01. The zero-order valence-corrected chi connectivity index (χ0v) is 14.2. The lowest BCUT2D eigenvalue weighted by atomic mass is 9.84. The van der Waals surface area contributed by atoms with Gasteiger partial charge in [0.2, 0.25) is 0 Å². The van der Waals surface area contributed by atoms with Gasteiger partial charge in [-0.2, -0.15) is 0 Å². The van der Waals surface area contributed by atoms with Crippen molar-refractivity contribution in [3.8, 4) is 5.75 Å². The minimum atomic E-state index is 0.623. The van der Waals surface area contributed by atoms with Crippen molar-refractivity contribution in [3.05, 3.63) is 65.7 Å². The Morgan fingerprint density at radius 1 is 0.958 bits per heavy atom. The number of para-hydroxylation sites is 1. The molecule has 3 nitrogen and oxygen atoms in total. The molecule has 0 spiro atoms. The molecule has 126 valence electrons. The van der Waals surface area contributed by atoms with Crippen LogP contribution in [0.15, 0.2) is 54.6 Å². The maximum Gasteiger partial charge on any atom is 0.124 e. The Labute approximate surface area is 144 Å². The molecule has 3 fully saturated rings. The van der Waals surface area contributed by atoms with Gasteiger partial charge in [-0.05, 0) is 43.5 Å². The first-order chi connectivity index (χ1) is 11.9. The summed E-state index contributed by atoms with van der Waals surface area (Å²) in [4.78, 5) is 2.59. The number of hydrogen-bond donors (Lipinski definition) is 1. The number of rotatable bonds is 6. The lowest BCUT2D eigenvalue weighted by Gasteiger charge is -2.45. The molecule has 0 aliphatic carbocycles. The van der Waals surface area contributed by atoms with E-state index in [0.29, 0.717) is 12.6 Å². The van der Waals surface area contributed by atoms with E-state index < -0.39 is 0 Å². The molecule has 3 aliphatic rings. The first kappa shape index (κ1) is 15.7. The van der Waals surface area contributed by atoms with Crippen molar-refractivity contribution in [1.82, 2.24) is 10.2 Å². The van der Waals surface area contributed by atoms with Gasteiger partial charge in [0, 0.05) is 24.7 Å². The molecular weight excluding hydrogens is 296 g/mol. The highest BCUT2D eigenvalue weighted by molar-refractivity contribution is 5.33. The molecule has 3 aliphatic heterocycles. The van der Waals surface area contributed by atoms with E-state index in [1.54, 1.807) is 0 Å². The largest absolute Gasteiger partial charge is 0.489 e. The van der Waals surface area contributed by atoms with E-state index in [9.17, 15) is 0 Å². The summed E-state index contributed by atoms with van der Waals surface area (Å²) in [6.45, 7) is 5.30. The Balaban J connectivity index is 1.37. The van der Waals surface area contributed by atoms with Crippen molar-refractivity contribution in [3.63, 3.8) is 0 Å². The van der Waals surface area contributed by atoms with Crippen molar-refractivity contribution < 1.29 is 4.74 Å². The van der Waals surface area contributed by atoms with E-state index in [-0.39, 0.29) is 0 Å². The molecule has 1 atom stereocenters. The van der Waals surface area contributed by atoms with Crippen LogP contribution in [-0.4, -0.2) is 30.6 Å². The fraction of sp³-hybridized carbons (Fsp3) is 0.429. The highest BCUT2D eigenvalue weighted by Gasteiger charge is 2.33. The van der Waals surface area contributed by atoms with E-state index in [1.807, 2.05) is 6.07 Å². The van der Waals surface area contributed by atoms with Crippen LogP contribution in [0.1, 0.15) is 24.0 Å². The number of fused-ring (bicyclic) bond motifs is 3. The first-order valence-corrected chi connectivity index (χ1v) is 9.09.